The van der Waals surface area contributed by atoms with Gasteiger partial charge in [0.1, 0.15) is 6.07 Å². The van der Waals surface area contributed by atoms with Crippen molar-refractivity contribution in [1.82, 2.24) is 4.98 Å². The molecule has 0 N–H and O–H groups in total. The maximum atomic E-state index is 9.26. The Morgan fingerprint density at radius 2 is 1.86 bits per heavy atom. The zero-order valence-electron chi connectivity index (χ0n) is 11.7. The number of halogens is 1. The van der Waals surface area contributed by atoms with Gasteiger partial charge in [0.2, 0.25) is 11.0 Å². The van der Waals surface area contributed by atoms with Crippen molar-refractivity contribution < 1.29 is 4.42 Å². The average Bonchev–Trinajstić information content (AvgIpc) is 2.93. The summed E-state index contributed by atoms with van der Waals surface area (Å²) in [5.41, 5.74) is 2.23. The molecule has 0 aliphatic rings. The lowest BCUT2D eigenvalue weighted by Gasteiger charge is -2.00. The highest BCUT2D eigenvalue weighted by molar-refractivity contribution is 7.99. The molecule has 0 aliphatic carbocycles. The predicted molar refractivity (Wildman–Crippen MR) is 87.0 cm³/mol. The zero-order chi connectivity index (χ0) is 15.5. The third-order valence-corrected chi connectivity index (χ3v) is 4.32. The van der Waals surface area contributed by atoms with Gasteiger partial charge in [-0.1, -0.05) is 29.8 Å². The lowest BCUT2D eigenvalue weighted by Crippen LogP contribution is -1.82. The highest BCUT2D eigenvalue weighted by atomic mass is 35.5. The SMILES string of the molecule is Cc1ccccc1-c1nc(C#N)c(Sc2ccc(Cl)cc2)o1. The number of nitriles is 1. The quantitative estimate of drug-likeness (QED) is 0.653. The minimum Gasteiger partial charge on any atom is -0.428 e. The van der Waals surface area contributed by atoms with E-state index in [1.165, 1.54) is 11.8 Å². The van der Waals surface area contributed by atoms with E-state index < -0.39 is 0 Å². The van der Waals surface area contributed by atoms with Crippen LogP contribution in [0.1, 0.15) is 11.3 Å². The van der Waals surface area contributed by atoms with Crippen LogP contribution in [0.25, 0.3) is 11.5 Å². The number of aromatic nitrogens is 1. The number of oxazole rings is 1. The Morgan fingerprint density at radius 3 is 2.55 bits per heavy atom. The first kappa shape index (κ1) is 14.7. The summed E-state index contributed by atoms with van der Waals surface area (Å²) in [6.07, 6.45) is 0. The first-order valence-corrected chi connectivity index (χ1v) is 7.77. The standard InChI is InChI=1S/C17H11ClN2OS/c1-11-4-2-3-5-14(11)16-20-15(10-19)17(21-16)22-13-8-6-12(18)7-9-13/h2-9H,1H3. The van der Waals surface area contributed by atoms with Gasteiger partial charge in [0.15, 0.2) is 5.69 Å². The summed E-state index contributed by atoms with van der Waals surface area (Å²) in [6, 6.07) is 17.2. The van der Waals surface area contributed by atoms with Crippen LogP contribution in [0.3, 0.4) is 0 Å². The van der Waals surface area contributed by atoms with Gasteiger partial charge in [-0.05, 0) is 54.6 Å². The highest BCUT2D eigenvalue weighted by Gasteiger charge is 2.16. The fourth-order valence-corrected chi connectivity index (χ4v) is 2.90. The molecule has 0 fully saturated rings. The molecule has 1 heterocycles. The molecule has 1 aromatic heterocycles. The first-order chi connectivity index (χ1) is 10.7. The Labute approximate surface area is 137 Å². The molecule has 0 spiro atoms. The van der Waals surface area contributed by atoms with Gasteiger partial charge < -0.3 is 4.42 Å². The molecule has 5 heteroatoms. The van der Waals surface area contributed by atoms with E-state index in [0.717, 1.165) is 16.0 Å². The van der Waals surface area contributed by atoms with Crippen molar-refractivity contribution in [2.75, 3.05) is 0 Å². The maximum absolute atomic E-state index is 9.26. The summed E-state index contributed by atoms with van der Waals surface area (Å²) in [5.74, 6) is 0.464. The van der Waals surface area contributed by atoms with Gasteiger partial charge in [-0.25, -0.2) is 0 Å². The van der Waals surface area contributed by atoms with Gasteiger partial charge in [0.05, 0.1) is 0 Å². The van der Waals surface area contributed by atoms with Crippen molar-refractivity contribution in [3.05, 3.63) is 64.8 Å². The molecular formula is C17H11ClN2OS. The third kappa shape index (κ3) is 3.01. The van der Waals surface area contributed by atoms with Crippen molar-refractivity contribution in [2.45, 2.75) is 16.9 Å². The molecule has 0 aliphatic heterocycles. The van der Waals surface area contributed by atoms with E-state index in [9.17, 15) is 5.26 Å². The van der Waals surface area contributed by atoms with Crippen LogP contribution in [0, 0.1) is 18.3 Å². The van der Waals surface area contributed by atoms with E-state index in [4.69, 9.17) is 16.0 Å². The first-order valence-electron chi connectivity index (χ1n) is 6.58. The molecular weight excluding hydrogens is 316 g/mol. The second kappa shape index (κ2) is 6.27. The van der Waals surface area contributed by atoms with Gasteiger partial charge >= 0.3 is 0 Å². The molecule has 0 amide bonds. The Bertz CT molecular complexity index is 850. The summed E-state index contributed by atoms with van der Waals surface area (Å²) in [7, 11) is 0. The lowest BCUT2D eigenvalue weighted by atomic mass is 10.1. The Balaban J connectivity index is 1.97. The molecule has 0 radical (unpaired) electrons. The Morgan fingerprint density at radius 1 is 1.14 bits per heavy atom. The largest absolute Gasteiger partial charge is 0.428 e. The summed E-state index contributed by atoms with van der Waals surface area (Å²) in [4.78, 5) is 5.24. The van der Waals surface area contributed by atoms with E-state index in [2.05, 4.69) is 11.1 Å². The molecule has 22 heavy (non-hydrogen) atoms. The zero-order valence-corrected chi connectivity index (χ0v) is 13.3. The van der Waals surface area contributed by atoms with Crippen molar-refractivity contribution in [2.24, 2.45) is 0 Å². The Hall–Kier alpha value is -2.22. The smallest absolute Gasteiger partial charge is 0.229 e. The minimum atomic E-state index is 0.290. The van der Waals surface area contributed by atoms with Crippen molar-refractivity contribution in [1.29, 1.82) is 5.26 Å². The minimum absolute atomic E-state index is 0.290. The molecule has 3 rings (SSSR count). The average molecular weight is 327 g/mol. The van der Waals surface area contributed by atoms with Crippen LogP contribution in [0.2, 0.25) is 5.02 Å². The number of rotatable bonds is 3. The topological polar surface area (TPSA) is 49.8 Å². The van der Waals surface area contributed by atoms with Gasteiger partial charge in [0, 0.05) is 15.5 Å². The van der Waals surface area contributed by atoms with E-state index in [0.29, 0.717) is 21.7 Å². The fraction of sp³-hybridized carbons (Fsp3) is 0.0588. The van der Waals surface area contributed by atoms with Crippen molar-refractivity contribution in [3.8, 4) is 17.5 Å². The van der Waals surface area contributed by atoms with E-state index in [-0.39, 0.29) is 0 Å². The molecule has 3 nitrogen and oxygen atoms in total. The van der Waals surface area contributed by atoms with E-state index >= 15 is 0 Å². The number of nitrogens with zero attached hydrogens (tertiary/aromatic N) is 2. The Kier molecular flexibility index (Phi) is 4.19. The van der Waals surface area contributed by atoms with Crippen LogP contribution in [-0.2, 0) is 0 Å². The summed E-state index contributed by atoms with van der Waals surface area (Å²) in [6.45, 7) is 1.98. The third-order valence-electron chi connectivity index (χ3n) is 3.10. The van der Waals surface area contributed by atoms with Gasteiger partial charge in [-0.2, -0.15) is 10.2 Å². The molecule has 2 aromatic carbocycles. The molecule has 0 saturated heterocycles. The molecule has 108 valence electrons. The summed E-state index contributed by atoms with van der Waals surface area (Å²) in [5, 5.41) is 10.4. The van der Waals surface area contributed by atoms with E-state index in [1.54, 1.807) is 12.1 Å². The van der Waals surface area contributed by atoms with Crippen molar-refractivity contribution >= 4 is 23.4 Å². The lowest BCUT2D eigenvalue weighted by molar-refractivity contribution is 0.483. The number of hydrogen-bond acceptors (Lipinski definition) is 4. The van der Waals surface area contributed by atoms with Gasteiger partial charge in [-0.15, -0.1) is 0 Å². The van der Waals surface area contributed by atoms with Crippen LogP contribution in [-0.4, -0.2) is 4.98 Å². The monoisotopic (exact) mass is 326 g/mol. The number of benzene rings is 2. The number of aryl methyl sites for hydroxylation is 1. The number of hydrogen-bond donors (Lipinski definition) is 0. The molecule has 3 aromatic rings. The summed E-state index contributed by atoms with van der Waals surface area (Å²) < 4.78 is 5.80. The predicted octanol–water partition coefficient (Wildman–Crippen LogP) is 5.33. The maximum Gasteiger partial charge on any atom is 0.229 e. The van der Waals surface area contributed by atoms with Crippen LogP contribution in [0.15, 0.2) is 62.9 Å². The summed E-state index contributed by atoms with van der Waals surface area (Å²) >= 11 is 7.24. The normalized spacial score (nSPS) is 10.4. The molecule has 0 unspecified atom stereocenters. The van der Waals surface area contributed by atoms with Crippen LogP contribution in [0.5, 0.6) is 0 Å². The molecule has 0 saturated carbocycles. The van der Waals surface area contributed by atoms with E-state index in [1.807, 2.05) is 43.3 Å². The molecule has 0 bridgehead atoms. The van der Waals surface area contributed by atoms with Gasteiger partial charge in [0.25, 0.3) is 0 Å². The highest BCUT2D eigenvalue weighted by Crippen LogP contribution is 2.35. The second-order valence-electron chi connectivity index (χ2n) is 4.64. The van der Waals surface area contributed by atoms with Crippen molar-refractivity contribution in [3.63, 3.8) is 0 Å². The molecule has 0 atom stereocenters. The second-order valence-corrected chi connectivity index (χ2v) is 6.12. The van der Waals surface area contributed by atoms with Crippen LogP contribution in [0.4, 0.5) is 0 Å². The van der Waals surface area contributed by atoms with Gasteiger partial charge in [-0.3, -0.25) is 0 Å². The van der Waals surface area contributed by atoms with Crippen LogP contribution >= 0.6 is 23.4 Å². The van der Waals surface area contributed by atoms with Crippen LogP contribution < -0.4 is 0 Å². The fourth-order valence-electron chi connectivity index (χ4n) is 1.98.